The van der Waals surface area contributed by atoms with Crippen LogP contribution in [0.3, 0.4) is 0 Å². The van der Waals surface area contributed by atoms with Crippen molar-refractivity contribution in [1.29, 1.82) is 0 Å². The number of nitrogens with one attached hydrogen (secondary N) is 1. The molecule has 0 aliphatic carbocycles. The Balaban J connectivity index is 1.42. The van der Waals surface area contributed by atoms with Crippen LogP contribution in [0.25, 0.3) is 0 Å². The lowest BCUT2D eigenvalue weighted by Crippen LogP contribution is -2.09. The van der Waals surface area contributed by atoms with Crippen LogP contribution in [0, 0.1) is 17.0 Å². The molecule has 4 aromatic rings. The van der Waals surface area contributed by atoms with Crippen molar-refractivity contribution in [2.75, 3.05) is 5.32 Å². The standard InChI is InChI=1S/C25H20N4O8S2/c1-17-2-12-22(13-3-17)39(35,36)37-21-10-8-20(9-11-21)28-27-19-6-4-18(5-7-19)26-24-15-14-23(38(32,33)34)16-25(24)29(30)31/h2-16,26H,1H3,(H,32,33,34). The molecule has 0 unspecified atom stereocenters. The number of anilines is 2. The summed E-state index contributed by atoms with van der Waals surface area (Å²) in [7, 11) is -8.57. The fourth-order valence-electron chi connectivity index (χ4n) is 3.26. The van der Waals surface area contributed by atoms with Crippen LogP contribution in [0.5, 0.6) is 5.75 Å². The highest BCUT2D eigenvalue weighted by Crippen LogP contribution is 2.31. The van der Waals surface area contributed by atoms with E-state index >= 15 is 0 Å². The number of nitrogens with zero attached hydrogens (tertiary/aromatic N) is 3. The van der Waals surface area contributed by atoms with E-state index in [-0.39, 0.29) is 16.3 Å². The number of benzene rings is 4. The van der Waals surface area contributed by atoms with Gasteiger partial charge >= 0.3 is 10.1 Å². The second kappa shape index (κ2) is 11.0. The molecule has 0 aliphatic rings. The lowest BCUT2D eigenvalue weighted by atomic mass is 10.2. The Morgan fingerprint density at radius 2 is 1.33 bits per heavy atom. The zero-order chi connectivity index (χ0) is 28.2. The van der Waals surface area contributed by atoms with Gasteiger partial charge in [0.15, 0.2) is 0 Å². The van der Waals surface area contributed by atoms with E-state index in [2.05, 4.69) is 15.5 Å². The first kappa shape index (κ1) is 27.4. The fraction of sp³-hybridized carbons (Fsp3) is 0.0400. The van der Waals surface area contributed by atoms with Gasteiger partial charge in [-0.3, -0.25) is 14.7 Å². The Labute approximate surface area is 223 Å². The third kappa shape index (κ3) is 7.01. The molecule has 4 rings (SSSR count). The highest BCUT2D eigenvalue weighted by atomic mass is 32.2. The lowest BCUT2D eigenvalue weighted by Gasteiger charge is -2.08. The molecule has 0 saturated heterocycles. The van der Waals surface area contributed by atoms with Gasteiger partial charge in [-0.15, -0.1) is 0 Å². The van der Waals surface area contributed by atoms with Crippen molar-refractivity contribution < 1.29 is 30.5 Å². The molecule has 12 nitrogen and oxygen atoms in total. The first-order chi connectivity index (χ1) is 18.4. The second-order valence-electron chi connectivity index (χ2n) is 8.13. The summed E-state index contributed by atoms with van der Waals surface area (Å²) in [4.78, 5) is 10.0. The topological polar surface area (TPSA) is 178 Å². The van der Waals surface area contributed by atoms with Crippen molar-refractivity contribution in [2.24, 2.45) is 10.2 Å². The number of hydrogen-bond acceptors (Lipinski definition) is 10. The van der Waals surface area contributed by atoms with Gasteiger partial charge in [-0.1, -0.05) is 17.7 Å². The minimum absolute atomic E-state index is 0.0217. The van der Waals surface area contributed by atoms with Crippen LogP contribution in [-0.2, 0) is 20.2 Å². The Morgan fingerprint density at radius 3 is 1.87 bits per heavy atom. The van der Waals surface area contributed by atoms with Crippen LogP contribution >= 0.6 is 0 Å². The molecule has 200 valence electrons. The monoisotopic (exact) mass is 568 g/mol. The van der Waals surface area contributed by atoms with Gasteiger partial charge in [-0.05, 0) is 79.7 Å². The molecule has 0 saturated carbocycles. The number of azo groups is 1. The fourth-order valence-corrected chi connectivity index (χ4v) is 4.69. The molecule has 0 bridgehead atoms. The summed E-state index contributed by atoms with van der Waals surface area (Å²) in [6.45, 7) is 1.85. The first-order valence-corrected chi connectivity index (χ1v) is 13.9. The Hall–Kier alpha value is -4.66. The van der Waals surface area contributed by atoms with E-state index in [0.29, 0.717) is 17.1 Å². The highest BCUT2D eigenvalue weighted by Gasteiger charge is 2.20. The molecule has 0 spiro atoms. The van der Waals surface area contributed by atoms with E-state index in [1.165, 1.54) is 42.5 Å². The van der Waals surface area contributed by atoms with E-state index in [4.69, 9.17) is 8.74 Å². The molecule has 0 aliphatic heterocycles. The van der Waals surface area contributed by atoms with Crippen molar-refractivity contribution in [1.82, 2.24) is 0 Å². The molecule has 0 radical (unpaired) electrons. The number of nitro benzene ring substituents is 1. The van der Waals surface area contributed by atoms with Crippen molar-refractivity contribution in [3.05, 3.63) is 107 Å². The Bertz CT molecular complexity index is 1750. The van der Waals surface area contributed by atoms with Crippen LogP contribution < -0.4 is 9.50 Å². The zero-order valence-electron chi connectivity index (χ0n) is 20.1. The molecular formula is C25H20N4O8S2. The van der Waals surface area contributed by atoms with Crippen molar-refractivity contribution in [2.45, 2.75) is 16.7 Å². The summed E-state index contributed by atoms with van der Waals surface area (Å²) in [6, 6.07) is 21.6. The summed E-state index contributed by atoms with van der Waals surface area (Å²) >= 11 is 0. The first-order valence-electron chi connectivity index (χ1n) is 11.1. The SMILES string of the molecule is Cc1ccc(S(=O)(=O)Oc2ccc(N=Nc3ccc(Nc4ccc(S(=O)(=O)O)cc4[N+](=O)[O-])cc3)cc2)cc1. The number of rotatable bonds is 9. The van der Waals surface area contributed by atoms with Gasteiger partial charge in [0.2, 0.25) is 0 Å². The van der Waals surface area contributed by atoms with Crippen molar-refractivity contribution in [3.8, 4) is 5.75 Å². The largest absolute Gasteiger partial charge is 0.379 e. The molecule has 39 heavy (non-hydrogen) atoms. The zero-order valence-corrected chi connectivity index (χ0v) is 21.8. The van der Waals surface area contributed by atoms with E-state index in [1.807, 2.05) is 6.92 Å². The predicted molar refractivity (Wildman–Crippen MR) is 142 cm³/mol. The van der Waals surface area contributed by atoms with E-state index in [9.17, 15) is 26.9 Å². The number of hydrogen-bond donors (Lipinski definition) is 2. The molecule has 0 atom stereocenters. The van der Waals surface area contributed by atoms with Gasteiger partial charge < -0.3 is 9.50 Å². The molecule has 4 aromatic carbocycles. The van der Waals surface area contributed by atoms with Crippen LogP contribution in [0.2, 0.25) is 0 Å². The molecule has 0 aromatic heterocycles. The lowest BCUT2D eigenvalue weighted by molar-refractivity contribution is -0.384. The minimum Gasteiger partial charge on any atom is -0.379 e. The van der Waals surface area contributed by atoms with Gasteiger partial charge in [-0.25, -0.2) is 0 Å². The van der Waals surface area contributed by atoms with Gasteiger partial charge in [0, 0.05) is 11.8 Å². The Kier molecular flexibility index (Phi) is 7.71. The maximum Gasteiger partial charge on any atom is 0.339 e. The maximum absolute atomic E-state index is 12.4. The Morgan fingerprint density at radius 1 is 0.795 bits per heavy atom. The quantitative estimate of drug-likeness (QED) is 0.0796. The van der Waals surface area contributed by atoms with Crippen LogP contribution in [0.15, 0.2) is 111 Å². The molecule has 2 N–H and O–H groups in total. The second-order valence-corrected chi connectivity index (χ2v) is 11.1. The normalized spacial score (nSPS) is 11.8. The smallest absolute Gasteiger partial charge is 0.339 e. The van der Waals surface area contributed by atoms with Crippen molar-refractivity contribution >= 4 is 48.7 Å². The van der Waals surface area contributed by atoms with Crippen LogP contribution in [0.1, 0.15) is 5.56 Å². The van der Waals surface area contributed by atoms with E-state index in [0.717, 1.165) is 17.7 Å². The summed E-state index contributed by atoms with van der Waals surface area (Å²) in [6.07, 6.45) is 0. The van der Waals surface area contributed by atoms with E-state index in [1.54, 1.807) is 36.4 Å². The molecule has 0 fully saturated rings. The summed E-state index contributed by atoms with van der Waals surface area (Å²) in [5, 5.41) is 22.4. The summed E-state index contributed by atoms with van der Waals surface area (Å²) < 4.78 is 61.7. The molecule has 0 amide bonds. The van der Waals surface area contributed by atoms with Crippen LogP contribution in [0.4, 0.5) is 28.4 Å². The number of aryl methyl sites for hydroxylation is 1. The van der Waals surface area contributed by atoms with Gasteiger partial charge in [-0.2, -0.15) is 27.1 Å². The van der Waals surface area contributed by atoms with Gasteiger partial charge in [0.1, 0.15) is 21.2 Å². The highest BCUT2D eigenvalue weighted by molar-refractivity contribution is 7.87. The molecular weight excluding hydrogens is 548 g/mol. The minimum atomic E-state index is -4.60. The van der Waals surface area contributed by atoms with Gasteiger partial charge in [0.25, 0.3) is 15.8 Å². The van der Waals surface area contributed by atoms with Crippen molar-refractivity contribution in [3.63, 3.8) is 0 Å². The van der Waals surface area contributed by atoms with Crippen LogP contribution in [-0.4, -0.2) is 26.3 Å². The van der Waals surface area contributed by atoms with E-state index < -0.39 is 35.7 Å². The average molecular weight is 569 g/mol. The molecule has 0 heterocycles. The predicted octanol–water partition coefficient (Wildman–Crippen LogP) is 6.08. The van der Waals surface area contributed by atoms with Gasteiger partial charge in [0.05, 0.1) is 16.3 Å². The maximum atomic E-state index is 12.4. The third-order valence-corrected chi connectivity index (χ3v) is 7.35. The third-order valence-electron chi connectivity index (χ3n) is 5.24. The average Bonchev–Trinajstić information content (AvgIpc) is 2.88. The summed E-state index contributed by atoms with van der Waals surface area (Å²) in [5.74, 6) is 0.115. The summed E-state index contributed by atoms with van der Waals surface area (Å²) in [5.41, 5.74) is 1.76. The molecule has 14 heteroatoms. The number of nitro groups is 1.